The maximum Gasteiger partial charge on any atom is 0.133 e. The minimum absolute atomic E-state index is 0.000694. The Hall–Kier alpha value is -0.440. The van der Waals surface area contributed by atoms with Gasteiger partial charge in [-0.05, 0) is 15.9 Å². The summed E-state index contributed by atoms with van der Waals surface area (Å²) in [6.07, 6.45) is 1.86. The van der Waals surface area contributed by atoms with E-state index in [4.69, 9.17) is 0 Å². The quantitative estimate of drug-likeness (QED) is 0.716. The molecule has 1 aromatic heterocycles. The average molecular weight is 271 g/mol. The molecule has 0 saturated heterocycles. The summed E-state index contributed by atoms with van der Waals surface area (Å²) < 4.78 is 0.989. The van der Waals surface area contributed by atoms with Crippen molar-refractivity contribution in [3.63, 3.8) is 0 Å². The first-order valence-electron chi connectivity index (χ1n) is 5.16. The van der Waals surface area contributed by atoms with E-state index in [0.29, 0.717) is 0 Å². The van der Waals surface area contributed by atoms with E-state index >= 15 is 0 Å². The van der Waals surface area contributed by atoms with Crippen molar-refractivity contribution in [1.29, 1.82) is 0 Å². The molecule has 0 amide bonds. The minimum Gasteiger partial charge on any atom is -0.240 e. The van der Waals surface area contributed by atoms with Crippen molar-refractivity contribution in [3.8, 4) is 0 Å². The van der Waals surface area contributed by atoms with Crippen molar-refractivity contribution in [2.45, 2.75) is 52.4 Å². The molecule has 1 rings (SSSR count). The van der Waals surface area contributed by atoms with Crippen LogP contribution in [0.5, 0.6) is 0 Å². The van der Waals surface area contributed by atoms with E-state index in [-0.39, 0.29) is 10.8 Å². The lowest BCUT2D eigenvalue weighted by Gasteiger charge is -2.23. The zero-order valence-corrected chi connectivity index (χ0v) is 11.9. The maximum atomic E-state index is 4.66. The average Bonchev–Trinajstić information content (AvgIpc) is 2.00. The third-order valence-corrected chi connectivity index (χ3v) is 2.71. The van der Waals surface area contributed by atoms with Crippen LogP contribution >= 0.6 is 15.9 Å². The fourth-order valence-electron chi connectivity index (χ4n) is 1.25. The molecule has 2 nitrogen and oxygen atoms in total. The van der Waals surface area contributed by atoms with Gasteiger partial charge in [0.25, 0.3) is 0 Å². The third kappa shape index (κ3) is 3.00. The lowest BCUT2D eigenvalue weighted by molar-refractivity contribution is 0.511. The summed E-state index contributed by atoms with van der Waals surface area (Å²) in [4.78, 5) is 9.02. The summed E-state index contributed by atoms with van der Waals surface area (Å²) in [6, 6.07) is 0. The zero-order chi connectivity index (χ0) is 11.9. The summed E-state index contributed by atoms with van der Waals surface area (Å²) in [6.45, 7) is 12.9. The summed E-state index contributed by atoms with van der Waals surface area (Å²) in [7, 11) is 0. The first kappa shape index (κ1) is 12.6. The summed E-state index contributed by atoms with van der Waals surface area (Å²) in [5.74, 6) is 0.899. The van der Waals surface area contributed by atoms with E-state index in [9.17, 15) is 0 Å². The van der Waals surface area contributed by atoms with Crippen LogP contribution in [-0.2, 0) is 10.8 Å². The van der Waals surface area contributed by atoms with Crippen LogP contribution in [0.3, 0.4) is 0 Å². The van der Waals surface area contributed by atoms with Crippen molar-refractivity contribution >= 4 is 15.9 Å². The molecule has 0 aliphatic heterocycles. The van der Waals surface area contributed by atoms with Crippen LogP contribution in [0.15, 0.2) is 10.7 Å². The Morgan fingerprint density at radius 3 is 1.93 bits per heavy atom. The Labute approximate surface area is 101 Å². The molecule has 0 aliphatic rings. The lowest BCUT2D eigenvalue weighted by atomic mass is 9.90. The van der Waals surface area contributed by atoms with Gasteiger partial charge >= 0.3 is 0 Å². The van der Waals surface area contributed by atoms with Gasteiger partial charge in [0.2, 0.25) is 0 Å². The summed E-state index contributed by atoms with van der Waals surface area (Å²) >= 11 is 3.51. The number of hydrogen-bond donors (Lipinski definition) is 0. The molecule has 0 bridgehead atoms. The minimum atomic E-state index is 0.000694. The number of halogens is 1. The summed E-state index contributed by atoms with van der Waals surface area (Å²) in [5, 5.41) is 0. The predicted molar refractivity (Wildman–Crippen MR) is 67.1 cm³/mol. The molecule has 0 aromatic carbocycles. The number of aromatic nitrogens is 2. The van der Waals surface area contributed by atoms with E-state index in [2.05, 4.69) is 67.4 Å². The number of rotatable bonds is 0. The van der Waals surface area contributed by atoms with Gasteiger partial charge in [-0.25, -0.2) is 9.97 Å². The van der Waals surface area contributed by atoms with Gasteiger partial charge in [0.1, 0.15) is 5.82 Å². The standard InChI is InChI=1S/C12H19BrN2/c1-11(2,3)9-8(13)7-14-10(15-9)12(4,5)6/h7H,1-6H3. The van der Waals surface area contributed by atoms with Crippen LogP contribution < -0.4 is 0 Å². The number of nitrogens with zero attached hydrogens (tertiary/aromatic N) is 2. The van der Waals surface area contributed by atoms with Crippen LogP contribution in [0.1, 0.15) is 53.1 Å². The molecule has 84 valence electrons. The second-order valence-corrected chi connectivity index (χ2v) is 6.74. The molecule has 0 radical (unpaired) electrons. The van der Waals surface area contributed by atoms with Gasteiger partial charge in [-0.2, -0.15) is 0 Å². The van der Waals surface area contributed by atoms with Crippen LogP contribution in [0.4, 0.5) is 0 Å². The number of hydrogen-bond acceptors (Lipinski definition) is 2. The Bertz CT molecular complexity index is 359. The van der Waals surface area contributed by atoms with Crippen LogP contribution in [-0.4, -0.2) is 9.97 Å². The molecule has 15 heavy (non-hydrogen) atoms. The van der Waals surface area contributed by atoms with Gasteiger partial charge in [-0.3, -0.25) is 0 Å². The highest BCUT2D eigenvalue weighted by Crippen LogP contribution is 2.29. The SMILES string of the molecule is CC(C)(C)c1ncc(Br)c(C(C)(C)C)n1. The van der Waals surface area contributed by atoms with Crippen molar-refractivity contribution in [1.82, 2.24) is 9.97 Å². The Morgan fingerprint density at radius 2 is 1.53 bits per heavy atom. The normalized spacial score (nSPS) is 13.0. The van der Waals surface area contributed by atoms with Gasteiger partial charge in [-0.1, -0.05) is 41.5 Å². The van der Waals surface area contributed by atoms with E-state index in [1.54, 1.807) is 0 Å². The molecule has 0 spiro atoms. The highest BCUT2D eigenvalue weighted by molar-refractivity contribution is 9.10. The Morgan fingerprint density at radius 1 is 1.00 bits per heavy atom. The second kappa shape index (κ2) is 3.85. The molecule has 0 N–H and O–H groups in total. The van der Waals surface area contributed by atoms with E-state index < -0.39 is 0 Å². The molecule has 0 fully saturated rings. The van der Waals surface area contributed by atoms with Gasteiger partial charge in [0.15, 0.2) is 0 Å². The van der Waals surface area contributed by atoms with Crippen molar-refractivity contribution in [2.75, 3.05) is 0 Å². The predicted octanol–water partition coefficient (Wildman–Crippen LogP) is 3.83. The third-order valence-electron chi connectivity index (χ3n) is 2.13. The van der Waals surface area contributed by atoms with Crippen molar-refractivity contribution in [3.05, 3.63) is 22.2 Å². The second-order valence-electron chi connectivity index (χ2n) is 5.89. The van der Waals surface area contributed by atoms with E-state index in [1.807, 2.05) is 6.20 Å². The van der Waals surface area contributed by atoms with Gasteiger partial charge < -0.3 is 0 Å². The van der Waals surface area contributed by atoms with Crippen molar-refractivity contribution in [2.24, 2.45) is 0 Å². The van der Waals surface area contributed by atoms with Crippen molar-refractivity contribution < 1.29 is 0 Å². The lowest BCUT2D eigenvalue weighted by Crippen LogP contribution is -2.21. The molecule has 0 atom stereocenters. The van der Waals surface area contributed by atoms with Gasteiger partial charge in [-0.15, -0.1) is 0 Å². The molecular formula is C12H19BrN2. The first-order chi connectivity index (χ1) is 6.62. The molecule has 3 heteroatoms. The maximum absolute atomic E-state index is 4.66. The molecule has 1 aromatic rings. The van der Waals surface area contributed by atoms with E-state index in [1.165, 1.54) is 0 Å². The van der Waals surface area contributed by atoms with Crippen LogP contribution in [0.25, 0.3) is 0 Å². The Balaban J connectivity index is 3.30. The highest BCUT2D eigenvalue weighted by Gasteiger charge is 2.24. The van der Waals surface area contributed by atoms with Gasteiger partial charge in [0, 0.05) is 17.0 Å². The highest BCUT2D eigenvalue weighted by atomic mass is 79.9. The molecular weight excluding hydrogens is 252 g/mol. The fourth-order valence-corrected chi connectivity index (χ4v) is 2.04. The largest absolute Gasteiger partial charge is 0.240 e. The first-order valence-corrected chi connectivity index (χ1v) is 5.95. The van der Waals surface area contributed by atoms with Crippen LogP contribution in [0, 0.1) is 0 Å². The molecule has 1 heterocycles. The molecule has 0 saturated carbocycles. The van der Waals surface area contributed by atoms with Crippen LogP contribution in [0.2, 0.25) is 0 Å². The van der Waals surface area contributed by atoms with E-state index in [0.717, 1.165) is 16.0 Å². The monoisotopic (exact) mass is 270 g/mol. The Kier molecular flexibility index (Phi) is 3.24. The zero-order valence-electron chi connectivity index (χ0n) is 10.3. The fraction of sp³-hybridized carbons (Fsp3) is 0.667. The molecule has 0 aliphatic carbocycles. The van der Waals surface area contributed by atoms with Gasteiger partial charge in [0.05, 0.1) is 10.2 Å². The topological polar surface area (TPSA) is 25.8 Å². The smallest absolute Gasteiger partial charge is 0.133 e. The summed E-state index contributed by atoms with van der Waals surface area (Å²) in [5.41, 5.74) is 1.12. The molecule has 0 unspecified atom stereocenters.